The Morgan fingerprint density at radius 2 is 1.77 bits per heavy atom. The molecule has 6 heteroatoms. The van der Waals surface area contributed by atoms with Crippen LogP contribution in [-0.2, 0) is 9.53 Å². The van der Waals surface area contributed by atoms with Crippen LogP contribution in [-0.4, -0.2) is 66.5 Å². The molecule has 0 spiro atoms. The molecule has 3 fully saturated rings. The smallest absolute Gasteiger partial charge is 0.253 e. The van der Waals surface area contributed by atoms with E-state index in [9.17, 15) is 9.59 Å². The van der Waals surface area contributed by atoms with E-state index in [-0.39, 0.29) is 17.7 Å². The van der Waals surface area contributed by atoms with Crippen LogP contribution in [0.2, 0.25) is 0 Å². The third kappa shape index (κ3) is 5.22. The molecule has 0 radical (unpaired) electrons. The first kappa shape index (κ1) is 21.3. The number of ether oxygens (including phenoxy) is 1. The van der Waals surface area contributed by atoms with Gasteiger partial charge in [-0.2, -0.15) is 0 Å². The summed E-state index contributed by atoms with van der Waals surface area (Å²) in [7, 11) is 0. The number of morpholine rings is 1. The number of hydrogen-bond acceptors (Lipinski definition) is 4. The number of rotatable bonds is 5. The zero-order valence-electron chi connectivity index (χ0n) is 18.5. The molecule has 1 saturated carbocycles. The lowest BCUT2D eigenvalue weighted by atomic mass is 9.95. The molecule has 4 atom stereocenters. The van der Waals surface area contributed by atoms with Crippen LogP contribution in [0.4, 0.5) is 5.69 Å². The minimum atomic E-state index is 0.0676. The Hall–Kier alpha value is -1.92. The normalized spacial score (nSPS) is 30.2. The average Bonchev–Trinajstić information content (AvgIpc) is 3.44. The molecule has 1 N–H and O–H groups in total. The van der Waals surface area contributed by atoms with Crippen molar-refractivity contribution in [2.75, 3.05) is 38.0 Å². The second kappa shape index (κ2) is 9.06. The quantitative estimate of drug-likeness (QED) is 0.805. The topological polar surface area (TPSA) is 61.9 Å². The molecular weight excluding hydrogens is 378 g/mol. The van der Waals surface area contributed by atoms with E-state index in [1.54, 1.807) is 0 Å². The van der Waals surface area contributed by atoms with Crippen molar-refractivity contribution in [3.05, 3.63) is 29.8 Å². The van der Waals surface area contributed by atoms with Gasteiger partial charge < -0.3 is 15.0 Å². The SMILES string of the molecule is CC1CN(CC2CCN(C(=O)c3cccc(NC(=O)C4CC4C)c3)CC2)CC(C)O1. The maximum Gasteiger partial charge on any atom is 0.253 e. The second-order valence-corrected chi connectivity index (χ2v) is 9.60. The highest BCUT2D eigenvalue weighted by Gasteiger charge is 2.39. The Morgan fingerprint density at radius 3 is 2.40 bits per heavy atom. The lowest BCUT2D eigenvalue weighted by Crippen LogP contribution is -2.48. The molecular formula is C24H35N3O3. The Bertz CT molecular complexity index is 765. The predicted octanol–water partition coefficient (Wildman–Crippen LogP) is 3.24. The van der Waals surface area contributed by atoms with Crippen LogP contribution in [0.5, 0.6) is 0 Å². The van der Waals surface area contributed by atoms with Crippen LogP contribution in [0, 0.1) is 17.8 Å². The van der Waals surface area contributed by atoms with E-state index < -0.39 is 0 Å². The van der Waals surface area contributed by atoms with Gasteiger partial charge in [0.2, 0.25) is 5.91 Å². The van der Waals surface area contributed by atoms with Crippen LogP contribution in [0.3, 0.4) is 0 Å². The molecule has 164 valence electrons. The number of amides is 2. The Morgan fingerprint density at radius 1 is 1.10 bits per heavy atom. The van der Waals surface area contributed by atoms with Gasteiger partial charge in [0.1, 0.15) is 0 Å². The van der Waals surface area contributed by atoms with E-state index in [2.05, 4.69) is 31.0 Å². The Labute approximate surface area is 179 Å². The highest BCUT2D eigenvalue weighted by molar-refractivity contribution is 5.98. The van der Waals surface area contributed by atoms with E-state index in [1.807, 2.05) is 29.2 Å². The number of likely N-dealkylation sites (tertiary alicyclic amines) is 1. The van der Waals surface area contributed by atoms with Crippen molar-refractivity contribution in [3.8, 4) is 0 Å². The van der Waals surface area contributed by atoms with Gasteiger partial charge in [0.05, 0.1) is 12.2 Å². The lowest BCUT2D eigenvalue weighted by Gasteiger charge is -2.39. The molecule has 1 aliphatic carbocycles. The summed E-state index contributed by atoms with van der Waals surface area (Å²) in [4.78, 5) is 29.7. The predicted molar refractivity (Wildman–Crippen MR) is 117 cm³/mol. The second-order valence-electron chi connectivity index (χ2n) is 9.60. The highest BCUT2D eigenvalue weighted by atomic mass is 16.5. The number of hydrogen-bond donors (Lipinski definition) is 1. The van der Waals surface area contributed by atoms with Crippen molar-refractivity contribution >= 4 is 17.5 Å². The molecule has 2 saturated heterocycles. The summed E-state index contributed by atoms with van der Waals surface area (Å²) >= 11 is 0. The van der Waals surface area contributed by atoms with Gasteiger partial charge >= 0.3 is 0 Å². The molecule has 2 aliphatic heterocycles. The van der Waals surface area contributed by atoms with Gasteiger partial charge in [-0.1, -0.05) is 13.0 Å². The Balaban J connectivity index is 1.28. The fourth-order valence-electron chi connectivity index (χ4n) is 4.95. The highest BCUT2D eigenvalue weighted by Crippen LogP contribution is 2.38. The van der Waals surface area contributed by atoms with E-state index in [0.29, 0.717) is 29.6 Å². The van der Waals surface area contributed by atoms with Gasteiger partial charge in [0, 0.05) is 49.9 Å². The summed E-state index contributed by atoms with van der Waals surface area (Å²) in [6.07, 6.45) is 3.64. The minimum Gasteiger partial charge on any atom is -0.373 e. The molecule has 0 bridgehead atoms. The largest absolute Gasteiger partial charge is 0.373 e. The summed E-state index contributed by atoms with van der Waals surface area (Å²) in [5.74, 6) is 1.37. The lowest BCUT2D eigenvalue weighted by molar-refractivity contribution is -0.117. The molecule has 4 rings (SSSR count). The fourth-order valence-corrected chi connectivity index (χ4v) is 4.95. The van der Waals surface area contributed by atoms with Crippen molar-refractivity contribution in [1.82, 2.24) is 9.80 Å². The molecule has 4 unspecified atom stereocenters. The number of anilines is 1. The van der Waals surface area contributed by atoms with Crippen molar-refractivity contribution in [2.45, 2.75) is 52.2 Å². The standard InChI is InChI=1S/C24H35N3O3/c1-16-11-22(16)23(28)25-21-6-4-5-20(12-21)24(29)27-9-7-19(8-10-27)15-26-13-17(2)30-18(3)14-26/h4-6,12,16-19,22H,7-11,13-15H2,1-3H3,(H,25,28). The molecule has 30 heavy (non-hydrogen) atoms. The molecule has 1 aromatic carbocycles. The third-order valence-electron chi connectivity index (χ3n) is 6.74. The third-order valence-corrected chi connectivity index (χ3v) is 6.74. The van der Waals surface area contributed by atoms with Gasteiger partial charge in [-0.15, -0.1) is 0 Å². The van der Waals surface area contributed by atoms with Gasteiger partial charge in [-0.25, -0.2) is 0 Å². The van der Waals surface area contributed by atoms with Crippen LogP contribution >= 0.6 is 0 Å². The first-order valence-corrected chi connectivity index (χ1v) is 11.5. The molecule has 6 nitrogen and oxygen atoms in total. The van der Waals surface area contributed by atoms with E-state index in [4.69, 9.17) is 4.74 Å². The zero-order chi connectivity index (χ0) is 21.3. The number of carbonyl (C=O) groups is 2. The number of nitrogens with zero attached hydrogens (tertiary/aromatic N) is 2. The summed E-state index contributed by atoms with van der Waals surface area (Å²) in [6.45, 7) is 11.1. The van der Waals surface area contributed by atoms with Gasteiger partial charge in [0.25, 0.3) is 5.91 Å². The van der Waals surface area contributed by atoms with E-state index in [0.717, 1.165) is 57.7 Å². The molecule has 2 heterocycles. The maximum absolute atomic E-state index is 13.0. The van der Waals surface area contributed by atoms with Crippen LogP contribution in [0.1, 0.15) is 50.4 Å². The van der Waals surface area contributed by atoms with Gasteiger partial charge in [0.15, 0.2) is 0 Å². The van der Waals surface area contributed by atoms with Crippen molar-refractivity contribution in [3.63, 3.8) is 0 Å². The fraction of sp³-hybridized carbons (Fsp3) is 0.667. The van der Waals surface area contributed by atoms with Crippen LogP contribution in [0.25, 0.3) is 0 Å². The van der Waals surface area contributed by atoms with Crippen LogP contribution < -0.4 is 5.32 Å². The minimum absolute atomic E-state index is 0.0676. The van der Waals surface area contributed by atoms with Crippen LogP contribution in [0.15, 0.2) is 24.3 Å². The zero-order valence-corrected chi connectivity index (χ0v) is 18.5. The molecule has 0 aromatic heterocycles. The maximum atomic E-state index is 13.0. The number of piperidine rings is 1. The molecule has 1 aromatic rings. The number of nitrogens with one attached hydrogen (secondary N) is 1. The van der Waals surface area contributed by atoms with Crippen molar-refractivity contribution in [2.24, 2.45) is 17.8 Å². The van der Waals surface area contributed by atoms with Crippen molar-refractivity contribution in [1.29, 1.82) is 0 Å². The molecule has 2 amide bonds. The molecule has 3 aliphatic rings. The average molecular weight is 414 g/mol. The summed E-state index contributed by atoms with van der Waals surface area (Å²) < 4.78 is 5.84. The van der Waals surface area contributed by atoms with Gasteiger partial charge in [-0.05, 0) is 63.1 Å². The summed E-state index contributed by atoms with van der Waals surface area (Å²) in [5.41, 5.74) is 1.38. The van der Waals surface area contributed by atoms with Gasteiger partial charge in [-0.3, -0.25) is 14.5 Å². The van der Waals surface area contributed by atoms with Crippen molar-refractivity contribution < 1.29 is 14.3 Å². The summed E-state index contributed by atoms with van der Waals surface area (Å²) in [5, 5.41) is 2.97. The van der Waals surface area contributed by atoms with E-state index >= 15 is 0 Å². The summed E-state index contributed by atoms with van der Waals surface area (Å²) in [6, 6.07) is 7.38. The van der Waals surface area contributed by atoms with E-state index in [1.165, 1.54) is 0 Å². The first-order valence-electron chi connectivity index (χ1n) is 11.5. The number of carbonyl (C=O) groups excluding carboxylic acids is 2. The monoisotopic (exact) mass is 413 g/mol. The Kier molecular flexibility index (Phi) is 6.44. The first-order chi connectivity index (χ1) is 14.4. The number of benzene rings is 1.